The van der Waals surface area contributed by atoms with Crippen LogP contribution in [0, 0.1) is 0 Å². The third-order valence-electron chi connectivity index (χ3n) is 3.97. The van der Waals surface area contributed by atoms with Crippen LogP contribution in [0.25, 0.3) is 11.2 Å². The summed E-state index contributed by atoms with van der Waals surface area (Å²) in [6.45, 7) is -0.925. The Morgan fingerprint density at radius 2 is 1.72 bits per heavy atom. The monoisotopic (exact) mass is 540 g/mol. The van der Waals surface area contributed by atoms with Crippen molar-refractivity contribution >= 4 is 46.2 Å². The minimum absolute atomic E-state index is 0.0246. The second kappa shape index (κ2) is 9.41. The van der Waals surface area contributed by atoms with Gasteiger partial charge >= 0.3 is 23.5 Å². The van der Waals surface area contributed by atoms with Gasteiger partial charge in [0.2, 0.25) is 0 Å². The van der Waals surface area contributed by atoms with E-state index >= 15 is 0 Å². The van der Waals surface area contributed by atoms with E-state index in [1.807, 2.05) is 0 Å². The van der Waals surface area contributed by atoms with E-state index in [2.05, 4.69) is 32.6 Å². The van der Waals surface area contributed by atoms with Gasteiger partial charge in [-0.25, -0.2) is 28.6 Å². The Bertz CT molecular complexity index is 1130. The molecule has 3 rings (SSSR count). The Hall–Kier alpha value is -0.870. The van der Waals surface area contributed by atoms with Crippen LogP contribution in [-0.2, 0) is 36.1 Å². The summed E-state index contributed by atoms with van der Waals surface area (Å²) in [5, 5.41) is 20.5. The SMILES string of the molecule is COP(=O)(O)OP(=O)(O)OP(=O)(O)OCC1OC(n2cnc3c(Cl)ncnc32)C(O)C1O. The fraction of sp³-hybridized carbons (Fsp3) is 0.545. The van der Waals surface area contributed by atoms with Gasteiger partial charge in [0, 0.05) is 7.11 Å². The normalized spacial score (nSPS) is 29.5. The number of aliphatic hydroxyl groups excluding tert-OH is 2. The molecule has 32 heavy (non-hydrogen) atoms. The molecule has 5 N–H and O–H groups in total. The molecule has 1 aliphatic heterocycles. The average molecular weight is 541 g/mol. The molecule has 7 unspecified atom stereocenters. The van der Waals surface area contributed by atoms with Crippen LogP contribution in [0.15, 0.2) is 12.7 Å². The Balaban J connectivity index is 1.68. The molecule has 2 aromatic rings. The van der Waals surface area contributed by atoms with Crippen molar-refractivity contribution in [1.29, 1.82) is 0 Å². The molecule has 1 aliphatic rings. The zero-order valence-electron chi connectivity index (χ0n) is 15.7. The first-order chi connectivity index (χ1) is 14.8. The molecule has 0 bridgehead atoms. The molecule has 0 amide bonds. The zero-order valence-corrected chi connectivity index (χ0v) is 19.1. The summed E-state index contributed by atoms with van der Waals surface area (Å²) >= 11 is 5.91. The number of hydrogen-bond acceptors (Lipinski definition) is 13. The van der Waals surface area contributed by atoms with Crippen LogP contribution >= 0.6 is 35.1 Å². The molecular weight excluding hydrogens is 525 g/mol. The summed E-state index contributed by atoms with van der Waals surface area (Å²) in [5.41, 5.74) is 0.340. The molecule has 180 valence electrons. The predicted molar refractivity (Wildman–Crippen MR) is 101 cm³/mol. The lowest BCUT2D eigenvalue weighted by Gasteiger charge is -2.19. The summed E-state index contributed by atoms with van der Waals surface area (Å²) in [7, 11) is -15.4. The van der Waals surface area contributed by atoms with Crippen molar-refractivity contribution in [1.82, 2.24) is 19.5 Å². The van der Waals surface area contributed by atoms with E-state index in [9.17, 15) is 33.7 Å². The second-order valence-electron chi connectivity index (χ2n) is 6.08. The van der Waals surface area contributed by atoms with E-state index in [1.165, 1.54) is 10.9 Å². The Kier molecular flexibility index (Phi) is 7.57. The van der Waals surface area contributed by atoms with Gasteiger partial charge in [0.1, 0.15) is 30.2 Å². The molecule has 0 spiro atoms. The number of ether oxygens (including phenoxy) is 1. The molecule has 0 radical (unpaired) electrons. The Labute approximate surface area is 183 Å². The molecule has 3 heterocycles. The van der Waals surface area contributed by atoms with Crippen molar-refractivity contribution in [3.63, 3.8) is 0 Å². The summed E-state index contributed by atoms with van der Waals surface area (Å²) in [6.07, 6.45) is -3.61. The quantitative estimate of drug-likeness (QED) is 0.209. The van der Waals surface area contributed by atoms with Gasteiger partial charge < -0.3 is 29.6 Å². The average Bonchev–Trinajstić information content (AvgIpc) is 3.21. The summed E-state index contributed by atoms with van der Waals surface area (Å²) in [4.78, 5) is 39.6. The van der Waals surface area contributed by atoms with Gasteiger partial charge in [0.15, 0.2) is 17.0 Å². The molecule has 1 fully saturated rings. The minimum atomic E-state index is -5.59. The van der Waals surface area contributed by atoms with E-state index in [1.54, 1.807) is 0 Å². The second-order valence-corrected chi connectivity index (χ2v) is 11.2. The van der Waals surface area contributed by atoms with Crippen LogP contribution in [-0.4, -0.2) is 76.4 Å². The van der Waals surface area contributed by atoms with Crippen molar-refractivity contribution in [2.75, 3.05) is 13.7 Å². The van der Waals surface area contributed by atoms with Crippen LogP contribution in [0.1, 0.15) is 6.23 Å². The van der Waals surface area contributed by atoms with Crippen molar-refractivity contribution in [3.05, 3.63) is 17.8 Å². The highest BCUT2D eigenvalue weighted by atomic mass is 35.5. The maximum Gasteiger partial charge on any atom is 0.490 e. The van der Waals surface area contributed by atoms with Gasteiger partial charge in [-0.15, -0.1) is 0 Å². The largest absolute Gasteiger partial charge is 0.490 e. The molecule has 0 aromatic carbocycles. The fourth-order valence-electron chi connectivity index (χ4n) is 2.61. The van der Waals surface area contributed by atoms with Crippen LogP contribution in [0.2, 0.25) is 5.15 Å². The van der Waals surface area contributed by atoms with Crippen molar-refractivity contribution < 1.29 is 61.0 Å². The maximum atomic E-state index is 11.9. The van der Waals surface area contributed by atoms with E-state index in [0.29, 0.717) is 7.11 Å². The Morgan fingerprint density at radius 3 is 2.38 bits per heavy atom. The number of nitrogens with zero attached hydrogens (tertiary/aromatic N) is 4. The topological polar surface area (TPSA) is 242 Å². The standard InChI is InChI=1S/C11H16ClN4O13P3/c1-25-30(19,20)28-32(23,24)29-31(21,22)26-2-5-7(17)8(18)11(27-5)16-4-15-6-9(12)13-3-14-10(6)16/h3-5,7-8,11,17-18H,2H2,1H3,(H,19,20)(H,21,22)(H,23,24). The van der Waals surface area contributed by atoms with Crippen molar-refractivity contribution in [3.8, 4) is 0 Å². The highest BCUT2D eigenvalue weighted by Crippen LogP contribution is 2.67. The summed E-state index contributed by atoms with van der Waals surface area (Å²) in [6, 6.07) is 0. The number of phosphoric acid groups is 3. The molecular formula is C11H16ClN4O13P3. The van der Waals surface area contributed by atoms with Gasteiger partial charge in [-0.05, 0) is 0 Å². The predicted octanol–water partition coefficient (Wildman–Crippen LogP) is 0.0963. The number of halogens is 1. The molecule has 7 atom stereocenters. The fourth-order valence-corrected chi connectivity index (χ4v) is 6.05. The number of aliphatic hydroxyl groups is 2. The lowest BCUT2D eigenvalue weighted by Crippen LogP contribution is -2.33. The highest BCUT2D eigenvalue weighted by molar-refractivity contribution is 7.66. The van der Waals surface area contributed by atoms with Crippen molar-refractivity contribution in [2.24, 2.45) is 0 Å². The van der Waals surface area contributed by atoms with Gasteiger partial charge in [0.05, 0.1) is 12.9 Å². The molecule has 0 aliphatic carbocycles. The summed E-state index contributed by atoms with van der Waals surface area (Å²) < 4.78 is 57.4. The first-order valence-electron chi connectivity index (χ1n) is 8.21. The van der Waals surface area contributed by atoms with Crippen LogP contribution < -0.4 is 0 Å². The first-order valence-corrected chi connectivity index (χ1v) is 13.1. The minimum Gasteiger partial charge on any atom is -0.387 e. The van der Waals surface area contributed by atoms with E-state index in [-0.39, 0.29) is 16.3 Å². The van der Waals surface area contributed by atoms with Crippen LogP contribution in [0.5, 0.6) is 0 Å². The summed E-state index contributed by atoms with van der Waals surface area (Å²) in [5.74, 6) is 0. The van der Waals surface area contributed by atoms with Gasteiger partial charge in [-0.3, -0.25) is 13.6 Å². The molecule has 21 heteroatoms. The number of imidazole rings is 1. The van der Waals surface area contributed by atoms with Gasteiger partial charge in [-0.2, -0.15) is 8.62 Å². The number of hydrogen-bond donors (Lipinski definition) is 5. The molecule has 1 saturated heterocycles. The van der Waals surface area contributed by atoms with Crippen molar-refractivity contribution in [2.45, 2.75) is 24.5 Å². The maximum absolute atomic E-state index is 11.9. The highest BCUT2D eigenvalue weighted by Gasteiger charge is 2.47. The Morgan fingerprint density at radius 1 is 1.06 bits per heavy atom. The van der Waals surface area contributed by atoms with E-state index in [0.717, 1.165) is 6.33 Å². The third-order valence-corrected chi connectivity index (χ3v) is 8.49. The number of aromatic nitrogens is 4. The first kappa shape index (κ1) is 25.7. The lowest BCUT2D eigenvalue weighted by molar-refractivity contribution is -0.0503. The number of phosphoric ester groups is 2. The van der Waals surface area contributed by atoms with Crippen LogP contribution in [0.4, 0.5) is 0 Å². The van der Waals surface area contributed by atoms with Crippen LogP contribution in [0.3, 0.4) is 0 Å². The third kappa shape index (κ3) is 5.78. The number of fused-ring (bicyclic) bond motifs is 1. The van der Waals surface area contributed by atoms with E-state index in [4.69, 9.17) is 21.2 Å². The number of rotatable bonds is 9. The van der Waals surface area contributed by atoms with E-state index < -0.39 is 54.6 Å². The molecule has 2 aromatic heterocycles. The molecule has 17 nitrogen and oxygen atoms in total. The van der Waals surface area contributed by atoms with Gasteiger partial charge in [-0.1, -0.05) is 11.6 Å². The lowest BCUT2D eigenvalue weighted by atomic mass is 10.1. The molecule has 0 saturated carbocycles. The van der Waals surface area contributed by atoms with Gasteiger partial charge in [0.25, 0.3) is 0 Å². The smallest absolute Gasteiger partial charge is 0.387 e. The zero-order chi connectivity index (χ0) is 23.9.